The molecule has 4 aromatic rings. The Kier molecular flexibility index (Phi) is 7.08. The molecule has 2 aromatic heterocycles. The van der Waals surface area contributed by atoms with Crippen LogP contribution in [0.1, 0.15) is 11.4 Å². The van der Waals surface area contributed by atoms with Crippen LogP contribution >= 0.6 is 0 Å². The summed E-state index contributed by atoms with van der Waals surface area (Å²) >= 11 is 0. The van der Waals surface area contributed by atoms with Gasteiger partial charge in [0.25, 0.3) is 0 Å². The highest BCUT2D eigenvalue weighted by Crippen LogP contribution is 2.38. The van der Waals surface area contributed by atoms with E-state index >= 15 is 0 Å². The molecule has 10 nitrogen and oxygen atoms in total. The zero-order valence-corrected chi connectivity index (χ0v) is 19.3. The number of alkyl halides is 3. The van der Waals surface area contributed by atoms with E-state index in [2.05, 4.69) is 26.0 Å². The summed E-state index contributed by atoms with van der Waals surface area (Å²) in [6, 6.07) is 13.5. The molecule has 0 aliphatic rings. The number of nitrogens with one attached hydrogen (secondary N) is 3. The normalized spacial score (nSPS) is 11.2. The summed E-state index contributed by atoms with van der Waals surface area (Å²) in [5.41, 5.74) is 0.0654. The topological polar surface area (TPSA) is 119 Å². The van der Waals surface area contributed by atoms with Gasteiger partial charge >= 0.3 is 6.18 Å². The maximum absolute atomic E-state index is 13.5. The molecule has 1 amide bonds. The van der Waals surface area contributed by atoms with Gasteiger partial charge < -0.3 is 20.1 Å². The molecule has 36 heavy (non-hydrogen) atoms. The number of carbonyl (C=O) groups is 1. The number of methoxy groups -OCH3 is 2. The monoisotopic (exact) mass is 501 g/mol. The molecule has 0 aliphatic carbocycles. The Hall–Kier alpha value is -4.55. The minimum atomic E-state index is -4.74. The zero-order valence-electron chi connectivity index (χ0n) is 19.3. The second kappa shape index (κ2) is 10.4. The van der Waals surface area contributed by atoms with Crippen LogP contribution < -0.4 is 20.1 Å². The van der Waals surface area contributed by atoms with E-state index in [9.17, 15) is 18.0 Å². The number of carbonyl (C=O) groups excluding carboxylic acids is 1. The summed E-state index contributed by atoms with van der Waals surface area (Å²) in [7, 11) is 3.07. The van der Waals surface area contributed by atoms with Crippen molar-refractivity contribution in [1.82, 2.24) is 25.2 Å². The van der Waals surface area contributed by atoms with Crippen molar-refractivity contribution < 1.29 is 27.4 Å². The average molecular weight is 501 g/mol. The van der Waals surface area contributed by atoms with Crippen LogP contribution in [-0.2, 0) is 24.1 Å². The molecule has 0 saturated carbocycles. The predicted octanol–water partition coefficient (Wildman–Crippen LogP) is 3.96. The van der Waals surface area contributed by atoms with E-state index in [1.165, 1.54) is 18.0 Å². The molecule has 13 heteroatoms. The van der Waals surface area contributed by atoms with E-state index in [-0.39, 0.29) is 18.8 Å². The molecule has 0 unspecified atom stereocenters. The van der Waals surface area contributed by atoms with Crippen LogP contribution in [0.5, 0.6) is 11.5 Å². The second-order valence-corrected chi connectivity index (χ2v) is 7.56. The van der Waals surface area contributed by atoms with Gasteiger partial charge in [-0.15, -0.1) is 5.10 Å². The Labute approximate surface area is 203 Å². The first-order chi connectivity index (χ1) is 17.3. The lowest BCUT2D eigenvalue weighted by Gasteiger charge is -2.10. The first-order valence-electron chi connectivity index (χ1n) is 10.6. The van der Waals surface area contributed by atoms with E-state index in [1.54, 1.807) is 55.6 Å². The van der Waals surface area contributed by atoms with Crippen molar-refractivity contribution in [3.05, 3.63) is 66.1 Å². The van der Waals surface area contributed by atoms with Gasteiger partial charge in [0.1, 0.15) is 17.9 Å². The van der Waals surface area contributed by atoms with Crippen LogP contribution in [0.2, 0.25) is 0 Å². The molecule has 0 saturated heterocycles. The standard InChI is InChI=1S/C23H22F3N7O3/c1-35-17-9-8-15(10-18(17)36-2)27-11-16-12-33(32-29-16)13-19(34)28-21-20(14-6-4-3-5-7-14)30-31-22(21)23(24,25)26/h3-10,12,27H,11,13H2,1-2H3,(H,28,34)(H,30,31). The van der Waals surface area contributed by atoms with Gasteiger partial charge in [0.05, 0.1) is 32.6 Å². The number of aromatic nitrogens is 5. The number of amides is 1. The number of nitrogens with zero attached hydrogens (tertiary/aromatic N) is 4. The van der Waals surface area contributed by atoms with E-state index in [1.807, 2.05) is 5.10 Å². The predicted molar refractivity (Wildman–Crippen MR) is 125 cm³/mol. The largest absolute Gasteiger partial charge is 0.493 e. The molecule has 0 aliphatic heterocycles. The second-order valence-electron chi connectivity index (χ2n) is 7.56. The highest BCUT2D eigenvalue weighted by molar-refractivity contribution is 5.95. The number of halogens is 3. The van der Waals surface area contributed by atoms with Crippen LogP contribution in [-0.4, -0.2) is 45.3 Å². The molecule has 4 rings (SSSR count). The van der Waals surface area contributed by atoms with Crippen LogP contribution in [0.3, 0.4) is 0 Å². The summed E-state index contributed by atoms with van der Waals surface area (Å²) in [5.74, 6) is 0.417. The third-order valence-electron chi connectivity index (χ3n) is 5.11. The molecule has 0 bridgehead atoms. The van der Waals surface area contributed by atoms with Gasteiger partial charge in [0.15, 0.2) is 17.2 Å². The van der Waals surface area contributed by atoms with Crippen LogP contribution in [0.25, 0.3) is 11.3 Å². The smallest absolute Gasteiger partial charge is 0.434 e. The molecule has 188 valence electrons. The van der Waals surface area contributed by atoms with Gasteiger partial charge in [-0.2, -0.15) is 18.3 Å². The van der Waals surface area contributed by atoms with Crippen molar-refractivity contribution in [3.63, 3.8) is 0 Å². The molecule has 3 N–H and O–H groups in total. The summed E-state index contributed by atoms with van der Waals surface area (Å²) < 4.78 is 52.2. The van der Waals surface area contributed by atoms with Gasteiger partial charge in [0.2, 0.25) is 5.91 Å². The summed E-state index contributed by atoms with van der Waals surface area (Å²) in [6.07, 6.45) is -3.22. The molecule has 0 atom stereocenters. The zero-order chi connectivity index (χ0) is 25.7. The van der Waals surface area contributed by atoms with Crippen molar-refractivity contribution in [2.24, 2.45) is 0 Å². The first kappa shape index (κ1) is 24.6. The van der Waals surface area contributed by atoms with E-state index < -0.39 is 23.5 Å². The number of hydrogen-bond acceptors (Lipinski definition) is 7. The number of aromatic amines is 1. The minimum Gasteiger partial charge on any atom is -0.493 e. The summed E-state index contributed by atoms with van der Waals surface area (Å²) in [6.45, 7) is -0.0602. The van der Waals surface area contributed by atoms with Crippen molar-refractivity contribution >= 4 is 17.3 Å². The summed E-state index contributed by atoms with van der Waals surface area (Å²) in [5, 5.41) is 19.1. The number of rotatable bonds is 9. The average Bonchev–Trinajstić information content (AvgIpc) is 3.49. The molecule has 2 heterocycles. The number of ether oxygens (including phenoxy) is 2. The van der Waals surface area contributed by atoms with Crippen molar-refractivity contribution in [2.45, 2.75) is 19.3 Å². The molecular weight excluding hydrogens is 479 g/mol. The molecule has 2 aromatic carbocycles. The molecule has 0 spiro atoms. The lowest BCUT2D eigenvalue weighted by atomic mass is 10.1. The molecule has 0 radical (unpaired) electrons. The van der Waals surface area contributed by atoms with Crippen molar-refractivity contribution in [2.75, 3.05) is 24.9 Å². The van der Waals surface area contributed by atoms with Crippen molar-refractivity contribution in [3.8, 4) is 22.8 Å². The van der Waals surface area contributed by atoms with Gasteiger partial charge in [0, 0.05) is 17.3 Å². The number of hydrogen-bond donors (Lipinski definition) is 3. The van der Waals surface area contributed by atoms with Crippen LogP contribution in [0, 0.1) is 0 Å². The SMILES string of the molecule is COc1ccc(NCc2cn(CC(=O)Nc3c(-c4ccccc4)n[nH]c3C(F)(F)F)nn2)cc1OC. The number of benzene rings is 2. The van der Waals surface area contributed by atoms with Crippen LogP contribution in [0.15, 0.2) is 54.7 Å². The molecular formula is C23H22F3N7O3. The third kappa shape index (κ3) is 5.56. The minimum absolute atomic E-state index is 0.0188. The Morgan fingerprint density at radius 2 is 1.83 bits per heavy atom. The quantitative estimate of drug-likeness (QED) is 0.318. The Morgan fingerprint density at radius 1 is 1.08 bits per heavy atom. The highest BCUT2D eigenvalue weighted by Gasteiger charge is 2.38. The fraction of sp³-hybridized carbons (Fsp3) is 0.217. The van der Waals surface area contributed by atoms with E-state index in [0.717, 1.165) is 5.69 Å². The first-order valence-corrected chi connectivity index (χ1v) is 10.6. The van der Waals surface area contributed by atoms with Gasteiger partial charge in [-0.1, -0.05) is 35.5 Å². The Bertz CT molecular complexity index is 1340. The number of H-pyrrole nitrogens is 1. The molecule has 0 fully saturated rings. The Morgan fingerprint density at radius 3 is 2.53 bits per heavy atom. The lowest BCUT2D eigenvalue weighted by molar-refractivity contribution is -0.140. The van der Waals surface area contributed by atoms with E-state index in [4.69, 9.17) is 9.47 Å². The third-order valence-corrected chi connectivity index (χ3v) is 5.11. The highest BCUT2D eigenvalue weighted by atomic mass is 19.4. The van der Waals surface area contributed by atoms with Gasteiger partial charge in [-0.25, -0.2) is 4.68 Å². The maximum Gasteiger partial charge on any atom is 0.434 e. The van der Waals surface area contributed by atoms with Gasteiger partial charge in [-0.3, -0.25) is 9.89 Å². The maximum atomic E-state index is 13.5. The summed E-state index contributed by atoms with van der Waals surface area (Å²) in [4.78, 5) is 12.6. The van der Waals surface area contributed by atoms with Crippen molar-refractivity contribution in [1.29, 1.82) is 0 Å². The van der Waals surface area contributed by atoms with Gasteiger partial charge in [-0.05, 0) is 12.1 Å². The fourth-order valence-electron chi connectivity index (χ4n) is 3.44. The van der Waals surface area contributed by atoms with Crippen LogP contribution in [0.4, 0.5) is 24.5 Å². The van der Waals surface area contributed by atoms with E-state index in [0.29, 0.717) is 22.8 Å². The number of anilines is 2. The fourth-order valence-corrected chi connectivity index (χ4v) is 3.44. The Balaban J connectivity index is 1.43. The lowest BCUT2D eigenvalue weighted by Crippen LogP contribution is -2.21.